The molecule has 22 heavy (non-hydrogen) atoms. The van der Waals surface area contributed by atoms with Crippen molar-refractivity contribution in [2.75, 3.05) is 52.6 Å². The Morgan fingerprint density at radius 2 is 1.95 bits per heavy atom. The van der Waals surface area contributed by atoms with Gasteiger partial charge in [-0.05, 0) is 59.2 Å². The number of halogens is 1. The molecule has 0 radical (unpaired) electrons. The topological polar surface area (TPSA) is 30.9 Å². The molecule has 1 N–H and O–H groups in total. The number of hydrogen-bond acceptors (Lipinski definition) is 3. The van der Waals surface area contributed by atoms with Crippen molar-refractivity contribution in [1.29, 1.82) is 0 Å². The molecule has 4 nitrogen and oxygen atoms in total. The van der Waals surface area contributed by atoms with Gasteiger partial charge in [0.1, 0.15) is 0 Å². The third kappa shape index (κ3) is 6.43. The minimum absolute atomic E-state index is 0. The minimum Gasteiger partial charge on any atom is -0.356 e. The summed E-state index contributed by atoms with van der Waals surface area (Å²) in [6.45, 7) is 10.4. The Labute approximate surface area is 157 Å². The molecule has 130 valence electrons. The maximum atomic E-state index is 4.49. The van der Waals surface area contributed by atoms with E-state index in [2.05, 4.69) is 52.8 Å². The van der Waals surface area contributed by atoms with Crippen LogP contribution in [0.4, 0.5) is 0 Å². The number of rotatable bonds is 3. The van der Waals surface area contributed by atoms with Gasteiger partial charge in [0.05, 0.1) is 0 Å². The first-order valence-corrected chi connectivity index (χ1v) is 9.27. The van der Waals surface area contributed by atoms with Crippen molar-refractivity contribution >= 4 is 41.7 Å². The van der Waals surface area contributed by atoms with Gasteiger partial charge in [-0.2, -0.15) is 11.8 Å². The van der Waals surface area contributed by atoms with E-state index in [1.807, 2.05) is 7.05 Å². The van der Waals surface area contributed by atoms with Crippen molar-refractivity contribution in [3.63, 3.8) is 0 Å². The van der Waals surface area contributed by atoms with Crippen LogP contribution in [-0.4, -0.2) is 73.1 Å². The summed E-state index contributed by atoms with van der Waals surface area (Å²) in [5, 5.41) is 3.59. The van der Waals surface area contributed by atoms with E-state index >= 15 is 0 Å². The highest BCUT2D eigenvalue weighted by molar-refractivity contribution is 14.0. The average Bonchev–Trinajstić information content (AvgIpc) is 2.44. The van der Waals surface area contributed by atoms with Gasteiger partial charge in [0, 0.05) is 37.2 Å². The molecule has 2 fully saturated rings. The van der Waals surface area contributed by atoms with Gasteiger partial charge in [-0.1, -0.05) is 0 Å². The highest BCUT2D eigenvalue weighted by Gasteiger charge is 2.28. The van der Waals surface area contributed by atoms with Crippen molar-refractivity contribution in [3.05, 3.63) is 0 Å². The molecule has 0 aromatic carbocycles. The van der Waals surface area contributed by atoms with E-state index in [-0.39, 0.29) is 24.0 Å². The molecule has 6 heteroatoms. The largest absolute Gasteiger partial charge is 0.356 e. The van der Waals surface area contributed by atoms with Crippen molar-refractivity contribution in [3.8, 4) is 0 Å². The molecular formula is C16H33IN4S. The molecule has 0 spiro atoms. The van der Waals surface area contributed by atoms with Crippen molar-refractivity contribution in [2.45, 2.75) is 37.9 Å². The Balaban J connectivity index is 0.00000242. The monoisotopic (exact) mass is 440 g/mol. The number of nitrogens with one attached hydrogen (secondary N) is 1. The van der Waals surface area contributed by atoms with E-state index in [1.165, 1.54) is 38.1 Å². The molecule has 0 aromatic heterocycles. The molecule has 0 amide bonds. The number of thioether (sulfide) groups is 1. The lowest BCUT2D eigenvalue weighted by Crippen LogP contribution is -2.51. The van der Waals surface area contributed by atoms with E-state index < -0.39 is 0 Å². The van der Waals surface area contributed by atoms with Gasteiger partial charge in [-0.3, -0.25) is 4.99 Å². The second-order valence-corrected chi connectivity index (χ2v) is 8.84. The Hall–Kier alpha value is 0.310. The zero-order chi connectivity index (χ0) is 15.3. The summed E-state index contributed by atoms with van der Waals surface area (Å²) >= 11 is 2.07. The van der Waals surface area contributed by atoms with Gasteiger partial charge < -0.3 is 15.1 Å². The lowest BCUT2D eigenvalue weighted by atomic mass is 9.94. The minimum atomic E-state index is 0. The summed E-state index contributed by atoms with van der Waals surface area (Å²) in [4.78, 5) is 9.35. The first-order valence-electron chi connectivity index (χ1n) is 8.28. The summed E-state index contributed by atoms with van der Waals surface area (Å²) in [6.07, 6.45) is 3.98. The van der Waals surface area contributed by atoms with Crippen LogP contribution in [0.15, 0.2) is 4.99 Å². The highest BCUT2D eigenvalue weighted by Crippen LogP contribution is 2.29. The van der Waals surface area contributed by atoms with E-state index in [1.54, 1.807) is 0 Å². The van der Waals surface area contributed by atoms with E-state index in [9.17, 15) is 0 Å². The summed E-state index contributed by atoms with van der Waals surface area (Å²) in [5.41, 5.74) is 0. The summed E-state index contributed by atoms with van der Waals surface area (Å²) in [5.74, 6) is 3.18. The van der Waals surface area contributed by atoms with E-state index in [0.29, 0.717) is 4.75 Å². The second kappa shape index (κ2) is 9.57. The Kier molecular flexibility index (Phi) is 8.85. The van der Waals surface area contributed by atoms with Crippen LogP contribution in [0.5, 0.6) is 0 Å². The van der Waals surface area contributed by atoms with Crippen molar-refractivity contribution in [2.24, 2.45) is 10.9 Å². The first kappa shape index (κ1) is 20.4. The fourth-order valence-corrected chi connectivity index (χ4v) is 4.38. The standard InChI is InChI=1S/C16H32N4S.HI/c1-16(2)13-20(11-12-21-16)15(17-3)18-8-5-14-6-9-19(4)10-7-14;/h14H,5-13H2,1-4H3,(H,17,18);1H. The van der Waals surface area contributed by atoms with Crippen LogP contribution in [0.2, 0.25) is 0 Å². The molecule has 0 aromatic rings. The van der Waals surface area contributed by atoms with Crippen LogP contribution in [0.3, 0.4) is 0 Å². The molecule has 0 bridgehead atoms. The maximum Gasteiger partial charge on any atom is 0.193 e. The third-order valence-corrected chi connectivity index (χ3v) is 5.91. The van der Waals surface area contributed by atoms with Gasteiger partial charge >= 0.3 is 0 Å². The zero-order valence-corrected chi connectivity index (χ0v) is 17.7. The second-order valence-electron chi connectivity index (χ2n) is 7.04. The Morgan fingerprint density at radius 3 is 2.55 bits per heavy atom. The molecule has 2 rings (SSSR count). The van der Waals surface area contributed by atoms with Gasteiger partial charge in [-0.25, -0.2) is 0 Å². The van der Waals surface area contributed by atoms with Crippen LogP contribution in [0.1, 0.15) is 33.1 Å². The van der Waals surface area contributed by atoms with Crippen molar-refractivity contribution in [1.82, 2.24) is 15.1 Å². The summed E-state index contributed by atoms with van der Waals surface area (Å²) in [6, 6.07) is 0. The normalized spacial score (nSPS) is 24.0. The van der Waals surface area contributed by atoms with Crippen LogP contribution in [0.25, 0.3) is 0 Å². The summed E-state index contributed by atoms with van der Waals surface area (Å²) < 4.78 is 0.337. The Bertz CT molecular complexity index is 354. The molecule has 0 saturated carbocycles. The summed E-state index contributed by atoms with van der Waals surface area (Å²) in [7, 11) is 4.14. The van der Waals surface area contributed by atoms with E-state index in [0.717, 1.165) is 31.5 Å². The zero-order valence-electron chi connectivity index (χ0n) is 14.6. The number of piperidine rings is 1. The van der Waals surface area contributed by atoms with E-state index in [4.69, 9.17) is 0 Å². The quantitative estimate of drug-likeness (QED) is 0.416. The molecule has 2 aliphatic rings. The Morgan fingerprint density at radius 1 is 1.27 bits per heavy atom. The fraction of sp³-hybridized carbons (Fsp3) is 0.938. The molecule has 0 aliphatic carbocycles. The number of hydrogen-bond donors (Lipinski definition) is 1. The molecular weight excluding hydrogens is 407 g/mol. The van der Waals surface area contributed by atoms with Crippen LogP contribution >= 0.6 is 35.7 Å². The molecule has 0 unspecified atom stereocenters. The lowest BCUT2D eigenvalue weighted by molar-refractivity contribution is 0.212. The van der Waals surface area contributed by atoms with Gasteiger partial charge in [-0.15, -0.1) is 24.0 Å². The number of aliphatic imine (C=N–C) groups is 1. The predicted molar refractivity (Wildman–Crippen MR) is 110 cm³/mol. The number of likely N-dealkylation sites (tertiary alicyclic amines) is 1. The molecule has 0 atom stereocenters. The highest BCUT2D eigenvalue weighted by atomic mass is 127. The lowest BCUT2D eigenvalue weighted by Gasteiger charge is -2.39. The molecule has 2 aliphatic heterocycles. The van der Waals surface area contributed by atoms with Gasteiger partial charge in [0.2, 0.25) is 0 Å². The maximum absolute atomic E-state index is 4.49. The van der Waals surface area contributed by atoms with Crippen LogP contribution in [0, 0.1) is 5.92 Å². The third-order valence-electron chi connectivity index (χ3n) is 4.61. The predicted octanol–water partition coefficient (Wildman–Crippen LogP) is 2.74. The first-order chi connectivity index (χ1) is 10.00. The van der Waals surface area contributed by atoms with Gasteiger partial charge in [0.25, 0.3) is 0 Å². The average molecular weight is 440 g/mol. The SMILES string of the molecule is CN=C(NCCC1CCN(C)CC1)N1CCSC(C)(C)C1.I. The molecule has 2 saturated heterocycles. The fourth-order valence-electron chi connectivity index (χ4n) is 3.27. The van der Waals surface area contributed by atoms with Gasteiger partial charge in [0.15, 0.2) is 5.96 Å². The number of nitrogens with zero attached hydrogens (tertiary/aromatic N) is 3. The molecule has 2 heterocycles. The number of guanidine groups is 1. The van der Waals surface area contributed by atoms with Crippen molar-refractivity contribution < 1.29 is 0 Å². The van der Waals surface area contributed by atoms with Crippen LogP contribution in [-0.2, 0) is 0 Å². The van der Waals surface area contributed by atoms with Crippen LogP contribution < -0.4 is 5.32 Å². The smallest absolute Gasteiger partial charge is 0.193 e.